The fourth-order valence-electron chi connectivity index (χ4n) is 3.17. The third-order valence-electron chi connectivity index (χ3n) is 4.06. The monoisotopic (exact) mass is 265 g/mol. The first-order valence-electron chi connectivity index (χ1n) is 6.78. The van der Waals surface area contributed by atoms with Crippen molar-refractivity contribution in [3.05, 3.63) is 46.2 Å². The molecule has 3 aromatic rings. The van der Waals surface area contributed by atoms with Crippen molar-refractivity contribution < 1.29 is 0 Å². The van der Waals surface area contributed by atoms with Gasteiger partial charge in [-0.3, -0.25) is 14.4 Å². The molecule has 2 aromatic carbocycles. The number of aromatic nitrogens is 1. The molecule has 0 bridgehead atoms. The minimum absolute atomic E-state index is 0.0789. The van der Waals surface area contributed by atoms with Gasteiger partial charge in [0.05, 0.1) is 6.54 Å². The van der Waals surface area contributed by atoms with E-state index < -0.39 is 0 Å². The number of rotatable bonds is 1. The van der Waals surface area contributed by atoms with E-state index in [9.17, 15) is 4.79 Å². The van der Waals surface area contributed by atoms with Gasteiger partial charge in [-0.2, -0.15) is 0 Å². The first-order chi connectivity index (χ1) is 9.68. The first kappa shape index (κ1) is 11.5. The van der Waals surface area contributed by atoms with Crippen molar-refractivity contribution in [2.45, 2.75) is 6.54 Å². The molecule has 4 rings (SSSR count). The Bertz CT molecular complexity index is 953. The Hall–Kier alpha value is -2.36. The summed E-state index contributed by atoms with van der Waals surface area (Å²) < 4.78 is 1.80. The van der Waals surface area contributed by atoms with Crippen molar-refractivity contribution in [2.75, 3.05) is 25.5 Å². The Morgan fingerprint density at radius 1 is 1.10 bits per heavy atom. The van der Waals surface area contributed by atoms with Crippen LogP contribution in [-0.4, -0.2) is 25.2 Å². The van der Waals surface area contributed by atoms with E-state index in [2.05, 4.69) is 22.0 Å². The van der Waals surface area contributed by atoms with E-state index in [1.165, 1.54) is 0 Å². The molecule has 1 aromatic heterocycles. The molecule has 0 atom stereocenters. The van der Waals surface area contributed by atoms with Gasteiger partial charge in [0.2, 0.25) is 0 Å². The number of nitrogens with zero attached hydrogens (tertiary/aromatic N) is 3. The van der Waals surface area contributed by atoms with E-state index in [-0.39, 0.29) is 5.56 Å². The summed E-state index contributed by atoms with van der Waals surface area (Å²) in [6, 6.07) is 10.2. The van der Waals surface area contributed by atoms with Crippen LogP contribution in [0.2, 0.25) is 0 Å². The summed E-state index contributed by atoms with van der Waals surface area (Å²) in [6.45, 7) is 1.39. The van der Waals surface area contributed by atoms with Crippen molar-refractivity contribution >= 4 is 27.2 Å². The van der Waals surface area contributed by atoms with Crippen LogP contribution in [0.15, 0.2) is 40.1 Å². The van der Waals surface area contributed by atoms with Gasteiger partial charge in [-0.1, -0.05) is 18.2 Å². The Kier molecular flexibility index (Phi) is 2.19. The van der Waals surface area contributed by atoms with E-state index in [0.717, 1.165) is 32.7 Å². The highest BCUT2D eigenvalue weighted by Gasteiger charge is 2.16. The van der Waals surface area contributed by atoms with Gasteiger partial charge >= 0.3 is 0 Å². The fraction of sp³-hybridized carbons (Fsp3) is 0.250. The van der Waals surface area contributed by atoms with Crippen LogP contribution in [0.1, 0.15) is 0 Å². The Morgan fingerprint density at radius 3 is 2.70 bits per heavy atom. The second kappa shape index (κ2) is 3.82. The Balaban J connectivity index is 2.36. The van der Waals surface area contributed by atoms with Gasteiger partial charge < -0.3 is 4.90 Å². The zero-order valence-corrected chi connectivity index (χ0v) is 11.6. The van der Waals surface area contributed by atoms with E-state index in [0.29, 0.717) is 13.1 Å². The van der Waals surface area contributed by atoms with Crippen LogP contribution in [0.4, 0.5) is 5.69 Å². The standard InChI is InChI=1S/C16H15N3O/c1-18(2)13-7-6-12-14-10(13)4-3-5-11(14)15-17-8-9-19(15)16(12)20/h3-7H,8-9H2,1-2H3. The molecule has 0 aliphatic carbocycles. The molecule has 1 aliphatic heterocycles. The van der Waals surface area contributed by atoms with Crippen LogP contribution >= 0.6 is 0 Å². The number of pyridine rings is 1. The third kappa shape index (κ3) is 1.31. The first-order valence-corrected chi connectivity index (χ1v) is 6.78. The number of benzene rings is 2. The number of hydrogen-bond acceptors (Lipinski definition) is 3. The quantitative estimate of drug-likeness (QED) is 0.670. The summed E-state index contributed by atoms with van der Waals surface area (Å²) in [5, 5.41) is 4.04. The molecule has 4 nitrogen and oxygen atoms in total. The molecule has 0 amide bonds. The molecule has 20 heavy (non-hydrogen) atoms. The van der Waals surface area contributed by atoms with Crippen molar-refractivity contribution in [3.8, 4) is 0 Å². The zero-order chi connectivity index (χ0) is 13.9. The van der Waals surface area contributed by atoms with E-state index in [4.69, 9.17) is 0 Å². The molecule has 0 saturated heterocycles. The molecule has 0 N–H and O–H groups in total. The molecular weight excluding hydrogens is 250 g/mol. The minimum Gasteiger partial charge on any atom is -0.377 e. The van der Waals surface area contributed by atoms with Gasteiger partial charge in [-0.05, 0) is 12.1 Å². The lowest BCUT2D eigenvalue weighted by Gasteiger charge is -2.17. The molecule has 0 fully saturated rings. The second-order valence-electron chi connectivity index (χ2n) is 5.42. The largest absolute Gasteiger partial charge is 0.377 e. The van der Waals surface area contributed by atoms with Gasteiger partial charge in [-0.25, -0.2) is 0 Å². The molecule has 0 spiro atoms. The van der Waals surface area contributed by atoms with Crippen LogP contribution in [0.5, 0.6) is 0 Å². The van der Waals surface area contributed by atoms with Crippen molar-refractivity contribution in [1.29, 1.82) is 0 Å². The van der Waals surface area contributed by atoms with E-state index >= 15 is 0 Å². The zero-order valence-electron chi connectivity index (χ0n) is 11.6. The minimum atomic E-state index is 0.0789. The average Bonchev–Trinajstić information content (AvgIpc) is 2.93. The Labute approximate surface area is 115 Å². The van der Waals surface area contributed by atoms with Crippen molar-refractivity contribution in [2.24, 2.45) is 4.99 Å². The van der Waals surface area contributed by atoms with E-state index in [1.807, 2.05) is 32.3 Å². The second-order valence-corrected chi connectivity index (χ2v) is 5.42. The highest BCUT2D eigenvalue weighted by molar-refractivity contribution is 6.13. The topological polar surface area (TPSA) is 37.6 Å². The summed E-state index contributed by atoms with van der Waals surface area (Å²) in [4.78, 5) is 19.2. The maximum atomic E-state index is 12.6. The highest BCUT2D eigenvalue weighted by atomic mass is 16.1. The number of fused-ring (bicyclic) bond motifs is 2. The molecule has 1 aliphatic rings. The summed E-state index contributed by atoms with van der Waals surface area (Å²) in [5.74, 6) is 0. The average molecular weight is 265 g/mol. The number of anilines is 1. The SMILES string of the molecule is CN(C)c1ccc2c(=O)n3c(c4cccc1c24)=NCC3. The van der Waals surface area contributed by atoms with Crippen LogP contribution in [0, 0.1) is 0 Å². The highest BCUT2D eigenvalue weighted by Crippen LogP contribution is 2.30. The Morgan fingerprint density at radius 2 is 1.90 bits per heavy atom. The van der Waals surface area contributed by atoms with Crippen molar-refractivity contribution in [3.63, 3.8) is 0 Å². The van der Waals surface area contributed by atoms with Crippen molar-refractivity contribution in [1.82, 2.24) is 4.57 Å². The van der Waals surface area contributed by atoms with Crippen LogP contribution < -0.4 is 15.9 Å². The number of hydrogen-bond donors (Lipinski definition) is 0. The lowest BCUT2D eigenvalue weighted by atomic mass is 10.0. The lowest BCUT2D eigenvalue weighted by Crippen LogP contribution is -2.30. The molecule has 4 heteroatoms. The van der Waals surface area contributed by atoms with Crippen LogP contribution in [0.25, 0.3) is 21.5 Å². The fourth-order valence-corrected chi connectivity index (χ4v) is 3.17. The molecule has 2 heterocycles. The summed E-state index contributed by atoms with van der Waals surface area (Å²) in [6.07, 6.45) is 0. The van der Waals surface area contributed by atoms with Crippen LogP contribution in [-0.2, 0) is 6.54 Å². The van der Waals surface area contributed by atoms with Gasteiger partial charge in [0.15, 0.2) is 0 Å². The molecule has 0 radical (unpaired) electrons. The lowest BCUT2D eigenvalue weighted by molar-refractivity contribution is 0.738. The smallest absolute Gasteiger partial charge is 0.260 e. The molecule has 0 saturated carbocycles. The van der Waals surface area contributed by atoms with Gasteiger partial charge in [0.1, 0.15) is 5.49 Å². The molecule has 100 valence electrons. The molecule has 0 unspecified atom stereocenters. The van der Waals surface area contributed by atoms with Gasteiger partial charge in [-0.15, -0.1) is 0 Å². The predicted molar refractivity (Wildman–Crippen MR) is 81.7 cm³/mol. The summed E-state index contributed by atoms with van der Waals surface area (Å²) >= 11 is 0. The van der Waals surface area contributed by atoms with E-state index in [1.54, 1.807) is 4.57 Å². The maximum Gasteiger partial charge on any atom is 0.260 e. The molecular formula is C16H15N3O. The van der Waals surface area contributed by atoms with Crippen LogP contribution in [0.3, 0.4) is 0 Å². The predicted octanol–water partition coefficient (Wildman–Crippen LogP) is 1.57. The van der Waals surface area contributed by atoms with Gasteiger partial charge in [0.25, 0.3) is 5.56 Å². The summed E-state index contributed by atoms with van der Waals surface area (Å²) in [7, 11) is 4.04. The van der Waals surface area contributed by atoms with Gasteiger partial charge in [0, 0.05) is 47.9 Å². The third-order valence-corrected chi connectivity index (χ3v) is 4.06. The maximum absolute atomic E-state index is 12.6. The normalized spacial score (nSPS) is 13.7. The summed E-state index contributed by atoms with van der Waals surface area (Å²) in [5.41, 5.74) is 2.05.